The van der Waals surface area contributed by atoms with E-state index in [0.29, 0.717) is 23.9 Å². The fourth-order valence-electron chi connectivity index (χ4n) is 8.13. The van der Waals surface area contributed by atoms with E-state index < -0.39 is 32.5 Å². The Morgan fingerprint density at radius 1 is 0.468 bits per heavy atom. The number of allylic oxidation sites excluding steroid dienone is 19. The summed E-state index contributed by atoms with van der Waals surface area (Å²) in [5.74, 6) is -0.636. The molecule has 9 nitrogen and oxygen atoms in total. The van der Waals surface area contributed by atoms with Gasteiger partial charge in [0, 0.05) is 12.8 Å². The number of carbonyl (C=O) groups is 2. The minimum Gasteiger partial charge on any atom is -0.756 e. The molecule has 0 rings (SSSR count). The Labute approximate surface area is 473 Å². The third kappa shape index (κ3) is 56.9. The topological polar surface area (TPSA) is 114 Å². The Bertz CT molecular complexity index is 1730. The molecule has 0 bridgehead atoms. The van der Waals surface area contributed by atoms with Crippen LogP contribution in [0.5, 0.6) is 0 Å². The first-order valence-corrected chi connectivity index (χ1v) is 32.3. The summed E-state index contributed by atoms with van der Waals surface area (Å²) >= 11 is 0. The number of hydrogen-bond donors (Lipinski definition) is 1. The summed E-state index contributed by atoms with van der Waals surface area (Å²) in [6, 6.07) is -0.929. The zero-order valence-corrected chi connectivity index (χ0v) is 51.0. The molecule has 0 aliphatic heterocycles. The lowest BCUT2D eigenvalue weighted by molar-refractivity contribution is -0.870. The van der Waals surface area contributed by atoms with Crippen LogP contribution in [-0.2, 0) is 27.9 Å². The van der Waals surface area contributed by atoms with Gasteiger partial charge in [0.1, 0.15) is 19.3 Å². The molecule has 0 aliphatic rings. The summed E-state index contributed by atoms with van der Waals surface area (Å²) in [7, 11) is 1.12. The molecule has 77 heavy (non-hydrogen) atoms. The van der Waals surface area contributed by atoms with Crippen LogP contribution in [0, 0.1) is 0 Å². The van der Waals surface area contributed by atoms with Crippen LogP contribution in [0.15, 0.2) is 122 Å². The molecule has 0 spiro atoms. The number of esters is 1. The Morgan fingerprint density at radius 2 is 0.844 bits per heavy atom. The van der Waals surface area contributed by atoms with E-state index in [2.05, 4.69) is 135 Å². The first-order valence-electron chi connectivity index (χ1n) is 30.8. The average Bonchev–Trinajstić information content (AvgIpc) is 3.39. The van der Waals surface area contributed by atoms with E-state index in [1.807, 2.05) is 27.2 Å². The van der Waals surface area contributed by atoms with E-state index in [4.69, 9.17) is 13.8 Å². The van der Waals surface area contributed by atoms with Crippen molar-refractivity contribution in [2.45, 2.75) is 251 Å². The second kappa shape index (κ2) is 55.7. The predicted molar refractivity (Wildman–Crippen MR) is 330 cm³/mol. The number of likely N-dealkylation sites (N-methyl/N-ethyl adjacent to an activating group) is 1. The SMILES string of the molecule is CC/C=C\C/C=C\C/C=C\C/C=C\C/C=C\CCCCCCCC(=O)NC(COP(=O)([O-])OCC[N+](C)(C)C)C(/C=C\CCCCCCCCCCCCC)OC(=O)CCC/C=C\C/C=C\C/C=C\C/C=C\CCCCC. The zero-order valence-electron chi connectivity index (χ0n) is 50.1. The van der Waals surface area contributed by atoms with E-state index in [1.54, 1.807) is 6.08 Å². The molecule has 0 aliphatic carbocycles. The van der Waals surface area contributed by atoms with Crippen LogP contribution >= 0.6 is 7.82 Å². The number of ether oxygens (including phenoxy) is 1. The zero-order chi connectivity index (χ0) is 56.4. The molecule has 3 atom stereocenters. The van der Waals surface area contributed by atoms with Crippen LogP contribution in [0.1, 0.15) is 239 Å². The van der Waals surface area contributed by atoms with Crippen LogP contribution in [0.25, 0.3) is 0 Å². The summed E-state index contributed by atoms with van der Waals surface area (Å²) in [6.07, 6.45) is 77.4. The normalized spacial score (nSPS) is 14.5. The van der Waals surface area contributed by atoms with E-state index >= 15 is 0 Å². The van der Waals surface area contributed by atoms with E-state index in [9.17, 15) is 19.0 Å². The molecule has 0 aromatic heterocycles. The van der Waals surface area contributed by atoms with Gasteiger partial charge in [-0.1, -0.05) is 233 Å². The summed E-state index contributed by atoms with van der Waals surface area (Å²) in [6.45, 7) is 6.63. The van der Waals surface area contributed by atoms with Crippen molar-refractivity contribution in [3.05, 3.63) is 122 Å². The fourth-order valence-corrected chi connectivity index (χ4v) is 8.85. The monoisotopic (exact) mass is 1090 g/mol. The summed E-state index contributed by atoms with van der Waals surface area (Å²) < 4.78 is 30.2. The van der Waals surface area contributed by atoms with Gasteiger partial charge in [-0.2, -0.15) is 0 Å². The lowest BCUT2D eigenvalue weighted by Gasteiger charge is -2.30. The first kappa shape index (κ1) is 73.4. The molecule has 0 radical (unpaired) electrons. The Balaban J connectivity index is 5.43. The number of hydrogen-bond acceptors (Lipinski definition) is 7. The number of phosphoric ester groups is 1. The van der Waals surface area contributed by atoms with Gasteiger partial charge in [0.15, 0.2) is 0 Å². The van der Waals surface area contributed by atoms with Crippen molar-refractivity contribution in [1.29, 1.82) is 0 Å². The number of quaternary nitrogens is 1. The van der Waals surface area contributed by atoms with Gasteiger partial charge in [0.25, 0.3) is 7.82 Å². The van der Waals surface area contributed by atoms with Crippen LogP contribution in [0.4, 0.5) is 0 Å². The van der Waals surface area contributed by atoms with Crippen molar-refractivity contribution in [1.82, 2.24) is 5.32 Å². The number of amides is 1. The highest BCUT2D eigenvalue weighted by molar-refractivity contribution is 7.45. The number of carbonyl (C=O) groups excluding carboxylic acids is 2. The summed E-state index contributed by atoms with van der Waals surface area (Å²) in [5, 5.41) is 3.00. The number of rotatable bonds is 54. The van der Waals surface area contributed by atoms with E-state index in [-0.39, 0.29) is 25.4 Å². The number of nitrogens with zero attached hydrogens (tertiary/aromatic N) is 1. The van der Waals surface area contributed by atoms with Crippen molar-refractivity contribution >= 4 is 19.7 Å². The second-order valence-corrected chi connectivity index (χ2v) is 22.9. The fraction of sp³-hybridized carbons (Fsp3) is 0.672. The van der Waals surface area contributed by atoms with Gasteiger partial charge in [-0.25, -0.2) is 0 Å². The van der Waals surface area contributed by atoms with Gasteiger partial charge in [0.05, 0.1) is 33.8 Å². The van der Waals surface area contributed by atoms with E-state index in [0.717, 1.165) is 109 Å². The Hall–Kier alpha value is -3.59. The molecule has 440 valence electrons. The van der Waals surface area contributed by atoms with Crippen LogP contribution in [0.2, 0.25) is 0 Å². The minimum absolute atomic E-state index is 0.0413. The van der Waals surface area contributed by atoms with E-state index in [1.165, 1.54) is 83.5 Å². The lowest BCUT2D eigenvalue weighted by Crippen LogP contribution is -2.47. The third-order valence-corrected chi connectivity index (χ3v) is 13.8. The summed E-state index contributed by atoms with van der Waals surface area (Å²) in [4.78, 5) is 40.0. The molecular formula is C67H115N2O7P. The van der Waals surface area contributed by atoms with Gasteiger partial charge in [0.2, 0.25) is 5.91 Å². The molecule has 1 N–H and O–H groups in total. The molecule has 0 aromatic carbocycles. The Morgan fingerprint density at radius 3 is 1.30 bits per heavy atom. The van der Waals surface area contributed by atoms with Crippen molar-refractivity contribution < 1.29 is 37.3 Å². The molecule has 3 unspecified atom stereocenters. The van der Waals surface area contributed by atoms with Crippen LogP contribution in [-0.4, -0.2) is 69.4 Å². The highest BCUT2D eigenvalue weighted by Gasteiger charge is 2.27. The van der Waals surface area contributed by atoms with Crippen LogP contribution < -0.4 is 10.2 Å². The standard InChI is InChI=1S/C67H115N2O7P/c1-7-10-13-16-19-22-25-28-30-32-33-34-35-37-38-41-44-47-50-53-56-59-66(70)68-64(63-75-77(72,73)74-62-61-69(4,5)6)65(58-55-52-49-46-43-40-27-24-21-18-15-12-9-3)76-67(71)60-57-54-51-48-45-42-39-36-31-29-26-23-20-17-14-11-8-2/h10,13,19-20,22-23,28-31,33-34,37-39,42,48,51,55,58,64-65H,7-9,11-12,14-18,21,24-27,32,35-36,40-41,43-47,49-50,52-54,56-57,59-63H2,1-6H3,(H-,68,70,72,73)/b13-10-,22-19-,23-20-,30-28-,31-29-,34-33-,38-37-,42-39-,51-48-,58-55-. The highest BCUT2D eigenvalue weighted by atomic mass is 31.2. The number of nitrogens with one attached hydrogen (secondary N) is 1. The van der Waals surface area contributed by atoms with Crippen molar-refractivity contribution in [3.63, 3.8) is 0 Å². The molecule has 0 saturated heterocycles. The third-order valence-electron chi connectivity index (χ3n) is 12.9. The number of phosphoric acid groups is 1. The molecule has 0 fully saturated rings. The molecule has 0 saturated carbocycles. The largest absolute Gasteiger partial charge is 0.756 e. The van der Waals surface area contributed by atoms with Crippen LogP contribution in [0.3, 0.4) is 0 Å². The van der Waals surface area contributed by atoms with Crippen molar-refractivity contribution in [3.8, 4) is 0 Å². The van der Waals surface area contributed by atoms with Crippen molar-refractivity contribution in [2.75, 3.05) is 40.9 Å². The van der Waals surface area contributed by atoms with Gasteiger partial charge < -0.3 is 28.5 Å². The average molecular weight is 1090 g/mol. The number of unbranched alkanes of at least 4 members (excludes halogenated alkanes) is 20. The smallest absolute Gasteiger partial charge is 0.306 e. The first-order chi connectivity index (χ1) is 37.4. The quantitative estimate of drug-likeness (QED) is 0.0212. The molecule has 1 amide bonds. The molecule has 0 heterocycles. The second-order valence-electron chi connectivity index (χ2n) is 21.5. The molecule has 0 aromatic rings. The summed E-state index contributed by atoms with van der Waals surface area (Å²) in [5.41, 5.74) is 0. The van der Waals surface area contributed by atoms with Gasteiger partial charge in [-0.05, 0) is 115 Å². The van der Waals surface area contributed by atoms with Crippen molar-refractivity contribution in [2.24, 2.45) is 0 Å². The van der Waals surface area contributed by atoms with Gasteiger partial charge >= 0.3 is 5.97 Å². The lowest BCUT2D eigenvalue weighted by atomic mass is 10.0. The maximum Gasteiger partial charge on any atom is 0.306 e. The minimum atomic E-state index is -4.73. The highest BCUT2D eigenvalue weighted by Crippen LogP contribution is 2.38. The Kier molecular flexibility index (Phi) is 53.1. The molecule has 10 heteroatoms. The van der Waals surface area contributed by atoms with Gasteiger partial charge in [-0.3, -0.25) is 14.2 Å². The maximum absolute atomic E-state index is 13.5. The molecular weight excluding hydrogens is 976 g/mol. The maximum atomic E-state index is 13.5. The van der Waals surface area contributed by atoms with Gasteiger partial charge in [-0.15, -0.1) is 0 Å². The predicted octanol–water partition coefficient (Wildman–Crippen LogP) is 18.5.